The molecular formula is C17H20N2O. The maximum Gasteiger partial charge on any atom is 0.257 e. The van der Waals surface area contributed by atoms with Gasteiger partial charge in [0.05, 0.1) is 5.56 Å². The monoisotopic (exact) mass is 268 g/mol. The molecule has 0 aromatic heterocycles. The number of anilines is 2. The van der Waals surface area contributed by atoms with Crippen molar-refractivity contribution in [2.45, 2.75) is 19.8 Å². The zero-order valence-electron chi connectivity index (χ0n) is 11.7. The van der Waals surface area contributed by atoms with Crippen LogP contribution in [-0.2, 0) is 0 Å². The Morgan fingerprint density at radius 1 is 1.00 bits per heavy atom. The number of para-hydroxylation sites is 2. The molecule has 2 aromatic rings. The minimum Gasteiger partial charge on any atom is -0.384 e. The van der Waals surface area contributed by atoms with Gasteiger partial charge in [-0.3, -0.25) is 4.79 Å². The topological polar surface area (TPSA) is 41.1 Å². The molecule has 0 unspecified atom stereocenters. The van der Waals surface area contributed by atoms with Crippen LogP contribution in [0.1, 0.15) is 30.1 Å². The molecule has 2 aromatic carbocycles. The average molecular weight is 268 g/mol. The molecule has 2 rings (SSSR count). The van der Waals surface area contributed by atoms with Gasteiger partial charge in [-0.15, -0.1) is 0 Å². The molecule has 0 spiro atoms. The second kappa shape index (κ2) is 7.34. The van der Waals surface area contributed by atoms with Gasteiger partial charge in [-0.25, -0.2) is 0 Å². The van der Waals surface area contributed by atoms with E-state index >= 15 is 0 Å². The van der Waals surface area contributed by atoms with E-state index in [1.165, 1.54) is 0 Å². The summed E-state index contributed by atoms with van der Waals surface area (Å²) in [5.41, 5.74) is 2.36. The summed E-state index contributed by atoms with van der Waals surface area (Å²) in [5, 5.41) is 6.23. The Bertz CT molecular complexity index is 552. The largest absolute Gasteiger partial charge is 0.384 e. The van der Waals surface area contributed by atoms with Gasteiger partial charge in [0.25, 0.3) is 5.91 Å². The molecule has 20 heavy (non-hydrogen) atoms. The van der Waals surface area contributed by atoms with Crippen LogP contribution in [0, 0.1) is 0 Å². The van der Waals surface area contributed by atoms with Crippen LogP contribution in [0.3, 0.4) is 0 Å². The lowest BCUT2D eigenvalue weighted by molar-refractivity contribution is 0.102. The molecule has 0 saturated heterocycles. The van der Waals surface area contributed by atoms with E-state index < -0.39 is 0 Å². The van der Waals surface area contributed by atoms with Crippen molar-refractivity contribution in [2.24, 2.45) is 0 Å². The highest BCUT2D eigenvalue weighted by molar-refractivity contribution is 6.08. The third kappa shape index (κ3) is 3.85. The molecule has 1 amide bonds. The van der Waals surface area contributed by atoms with Crippen LogP contribution in [-0.4, -0.2) is 12.5 Å². The Labute approximate surface area is 120 Å². The average Bonchev–Trinajstić information content (AvgIpc) is 2.49. The summed E-state index contributed by atoms with van der Waals surface area (Å²) >= 11 is 0. The lowest BCUT2D eigenvalue weighted by Crippen LogP contribution is -2.15. The first-order chi connectivity index (χ1) is 9.81. The fourth-order valence-electron chi connectivity index (χ4n) is 1.96. The van der Waals surface area contributed by atoms with Crippen molar-refractivity contribution in [3.05, 3.63) is 60.2 Å². The molecular weight excluding hydrogens is 248 g/mol. The SMILES string of the molecule is CCCCNc1ccccc1C(=O)Nc1ccccc1. The first-order valence-electron chi connectivity index (χ1n) is 7.00. The number of rotatable bonds is 6. The van der Waals surface area contributed by atoms with Gasteiger partial charge in [0, 0.05) is 17.9 Å². The van der Waals surface area contributed by atoms with E-state index in [1.54, 1.807) is 0 Å². The van der Waals surface area contributed by atoms with Crippen LogP contribution < -0.4 is 10.6 Å². The number of hydrogen-bond donors (Lipinski definition) is 2. The van der Waals surface area contributed by atoms with E-state index in [9.17, 15) is 4.79 Å². The molecule has 0 radical (unpaired) electrons. The fourth-order valence-corrected chi connectivity index (χ4v) is 1.96. The summed E-state index contributed by atoms with van der Waals surface area (Å²) in [6.45, 7) is 3.03. The summed E-state index contributed by atoms with van der Waals surface area (Å²) in [6, 6.07) is 17.1. The fraction of sp³-hybridized carbons (Fsp3) is 0.235. The van der Waals surface area contributed by atoms with E-state index in [-0.39, 0.29) is 5.91 Å². The van der Waals surface area contributed by atoms with E-state index in [0.717, 1.165) is 30.8 Å². The molecule has 0 fully saturated rings. The van der Waals surface area contributed by atoms with Gasteiger partial charge >= 0.3 is 0 Å². The zero-order valence-corrected chi connectivity index (χ0v) is 11.7. The molecule has 0 aliphatic carbocycles. The predicted octanol–water partition coefficient (Wildman–Crippen LogP) is 4.15. The molecule has 3 heteroatoms. The predicted molar refractivity (Wildman–Crippen MR) is 84.2 cm³/mol. The van der Waals surface area contributed by atoms with Crippen molar-refractivity contribution in [2.75, 3.05) is 17.2 Å². The van der Waals surface area contributed by atoms with Gasteiger partial charge < -0.3 is 10.6 Å². The molecule has 0 saturated carbocycles. The molecule has 0 atom stereocenters. The number of carbonyl (C=O) groups excluding carboxylic acids is 1. The summed E-state index contributed by atoms with van der Waals surface area (Å²) in [7, 11) is 0. The number of benzene rings is 2. The van der Waals surface area contributed by atoms with E-state index in [1.807, 2.05) is 54.6 Å². The van der Waals surface area contributed by atoms with E-state index in [0.29, 0.717) is 5.56 Å². The molecule has 2 N–H and O–H groups in total. The summed E-state index contributed by atoms with van der Waals surface area (Å²) in [6.07, 6.45) is 2.22. The summed E-state index contributed by atoms with van der Waals surface area (Å²) < 4.78 is 0. The van der Waals surface area contributed by atoms with Crippen molar-refractivity contribution in [3.8, 4) is 0 Å². The van der Waals surface area contributed by atoms with Gasteiger partial charge in [0.15, 0.2) is 0 Å². The molecule has 3 nitrogen and oxygen atoms in total. The summed E-state index contributed by atoms with van der Waals surface area (Å²) in [5.74, 6) is -0.0872. The molecule has 0 aliphatic rings. The minimum absolute atomic E-state index is 0.0872. The van der Waals surface area contributed by atoms with E-state index in [2.05, 4.69) is 17.6 Å². The van der Waals surface area contributed by atoms with Gasteiger partial charge in [0.2, 0.25) is 0 Å². The third-order valence-corrected chi connectivity index (χ3v) is 3.05. The number of amides is 1. The molecule has 104 valence electrons. The van der Waals surface area contributed by atoms with Gasteiger partial charge in [-0.1, -0.05) is 43.7 Å². The maximum atomic E-state index is 12.3. The minimum atomic E-state index is -0.0872. The number of carbonyl (C=O) groups is 1. The van der Waals surface area contributed by atoms with Crippen LogP contribution in [0.4, 0.5) is 11.4 Å². The third-order valence-electron chi connectivity index (χ3n) is 3.05. The quantitative estimate of drug-likeness (QED) is 0.773. The Balaban J connectivity index is 2.09. The standard InChI is InChI=1S/C17H20N2O/c1-2-3-13-18-16-12-8-7-11-15(16)17(20)19-14-9-5-4-6-10-14/h4-12,18H,2-3,13H2,1H3,(H,19,20). The van der Waals surface area contributed by atoms with Crippen molar-refractivity contribution < 1.29 is 4.79 Å². The second-order valence-electron chi connectivity index (χ2n) is 4.65. The zero-order chi connectivity index (χ0) is 14.2. The van der Waals surface area contributed by atoms with Crippen LogP contribution >= 0.6 is 0 Å². The Morgan fingerprint density at radius 3 is 2.45 bits per heavy atom. The van der Waals surface area contributed by atoms with Crippen molar-refractivity contribution in [3.63, 3.8) is 0 Å². The number of hydrogen-bond acceptors (Lipinski definition) is 2. The van der Waals surface area contributed by atoms with Crippen LogP contribution in [0.2, 0.25) is 0 Å². The van der Waals surface area contributed by atoms with Gasteiger partial charge in [0.1, 0.15) is 0 Å². The first kappa shape index (κ1) is 14.1. The Hall–Kier alpha value is -2.29. The lowest BCUT2D eigenvalue weighted by Gasteiger charge is -2.12. The Morgan fingerprint density at radius 2 is 1.70 bits per heavy atom. The van der Waals surface area contributed by atoms with Gasteiger partial charge in [-0.05, 0) is 30.7 Å². The smallest absolute Gasteiger partial charge is 0.257 e. The molecule has 0 heterocycles. The number of nitrogens with one attached hydrogen (secondary N) is 2. The normalized spacial score (nSPS) is 10.1. The highest BCUT2D eigenvalue weighted by Crippen LogP contribution is 2.17. The van der Waals surface area contributed by atoms with Crippen LogP contribution in [0.5, 0.6) is 0 Å². The van der Waals surface area contributed by atoms with Crippen molar-refractivity contribution >= 4 is 17.3 Å². The highest BCUT2D eigenvalue weighted by Gasteiger charge is 2.10. The summed E-state index contributed by atoms with van der Waals surface area (Å²) in [4.78, 5) is 12.3. The first-order valence-corrected chi connectivity index (χ1v) is 7.00. The maximum absolute atomic E-state index is 12.3. The van der Waals surface area contributed by atoms with E-state index in [4.69, 9.17) is 0 Å². The lowest BCUT2D eigenvalue weighted by atomic mass is 10.1. The number of unbranched alkanes of at least 4 members (excludes halogenated alkanes) is 1. The van der Waals surface area contributed by atoms with Crippen LogP contribution in [0.25, 0.3) is 0 Å². The Kier molecular flexibility index (Phi) is 5.18. The second-order valence-corrected chi connectivity index (χ2v) is 4.65. The van der Waals surface area contributed by atoms with Crippen LogP contribution in [0.15, 0.2) is 54.6 Å². The van der Waals surface area contributed by atoms with Crippen molar-refractivity contribution in [1.29, 1.82) is 0 Å². The molecule has 0 bridgehead atoms. The highest BCUT2D eigenvalue weighted by atomic mass is 16.1. The molecule has 0 aliphatic heterocycles. The van der Waals surface area contributed by atoms with Gasteiger partial charge in [-0.2, -0.15) is 0 Å². The van der Waals surface area contributed by atoms with Crippen molar-refractivity contribution in [1.82, 2.24) is 0 Å².